The number of ether oxygens (including phenoxy) is 1. The molecule has 0 aromatic heterocycles. The average molecular weight is 352 g/mol. The number of likely N-dealkylation sites (tertiary alicyclic amines) is 1. The number of benzene rings is 1. The molecule has 0 saturated carbocycles. The second-order valence-corrected chi connectivity index (χ2v) is 5.45. The predicted molar refractivity (Wildman–Crippen MR) is 70.4 cm³/mol. The zero-order valence-corrected chi connectivity index (χ0v) is 12.1. The number of rotatable bonds is 3. The van der Waals surface area contributed by atoms with Gasteiger partial charge < -0.3 is 9.64 Å². The Kier molecular flexibility index (Phi) is 4.57. The average Bonchev–Trinajstić information content (AvgIpc) is 2.87. The Hall–Kier alpha value is -1.24. The number of hydrogen-bond acceptors (Lipinski definition) is 2. The fourth-order valence-electron chi connectivity index (χ4n) is 2.16. The maximum atomic E-state index is 12.7. The molecule has 110 valence electrons. The van der Waals surface area contributed by atoms with Gasteiger partial charge in [-0.2, -0.15) is 13.2 Å². The van der Waals surface area contributed by atoms with E-state index >= 15 is 0 Å². The quantitative estimate of drug-likeness (QED) is 0.835. The van der Waals surface area contributed by atoms with Gasteiger partial charge in [-0.1, -0.05) is 15.9 Å². The number of nitrogens with zero attached hydrogens (tertiary/aromatic N) is 1. The molecule has 1 heterocycles. The summed E-state index contributed by atoms with van der Waals surface area (Å²) in [5.74, 6) is -0.183. The van der Waals surface area contributed by atoms with Crippen molar-refractivity contribution in [1.82, 2.24) is 4.90 Å². The van der Waals surface area contributed by atoms with Crippen LogP contribution in [0.25, 0.3) is 0 Å². The van der Waals surface area contributed by atoms with Gasteiger partial charge in [0.1, 0.15) is 11.8 Å². The first kappa shape index (κ1) is 15.2. The molecular weight excluding hydrogens is 339 g/mol. The third-order valence-corrected chi connectivity index (χ3v) is 3.66. The molecule has 1 amide bonds. The molecule has 1 saturated heterocycles. The summed E-state index contributed by atoms with van der Waals surface area (Å²) in [5.41, 5.74) is 0. The molecule has 0 bridgehead atoms. The van der Waals surface area contributed by atoms with Crippen molar-refractivity contribution in [1.29, 1.82) is 0 Å². The first-order valence-corrected chi connectivity index (χ1v) is 6.92. The van der Waals surface area contributed by atoms with Crippen LogP contribution in [0.15, 0.2) is 28.7 Å². The summed E-state index contributed by atoms with van der Waals surface area (Å²) in [7, 11) is 0. The van der Waals surface area contributed by atoms with Crippen molar-refractivity contribution in [2.24, 2.45) is 0 Å². The van der Waals surface area contributed by atoms with Gasteiger partial charge in [0.05, 0.1) is 0 Å². The minimum atomic E-state index is -4.37. The Morgan fingerprint density at radius 2 is 2.00 bits per heavy atom. The third-order valence-electron chi connectivity index (χ3n) is 3.13. The fraction of sp³-hybridized carbons (Fsp3) is 0.462. The molecule has 0 N–H and O–H groups in total. The van der Waals surface area contributed by atoms with E-state index in [1.54, 1.807) is 24.3 Å². The maximum Gasteiger partial charge on any atom is 0.408 e. The highest BCUT2D eigenvalue weighted by atomic mass is 79.9. The van der Waals surface area contributed by atoms with Crippen LogP contribution in [0.1, 0.15) is 12.8 Å². The van der Waals surface area contributed by atoms with Gasteiger partial charge in [-0.15, -0.1) is 0 Å². The van der Waals surface area contributed by atoms with Gasteiger partial charge in [-0.25, -0.2) is 0 Å². The van der Waals surface area contributed by atoms with Crippen molar-refractivity contribution in [2.75, 3.05) is 13.2 Å². The molecule has 1 aliphatic heterocycles. The van der Waals surface area contributed by atoms with Gasteiger partial charge >= 0.3 is 6.18 Å². The first-order valence-electron chi connectivity index (χ1n) is 6.12. The molecule has 2 rings (SSSR count). The van der Waals surface area contributed by atoms with E-state index in [9.17, 15) is 18.0 Å². The Bertz CT molecular complexity index is 475. The van der Waals surface area contributed by atoms with Crippen molar-refractivity contribution >= 4 is 21.8 Å². The van der Waals surface area contributed by atoms with Crippen LogP contribution in [0.3, 0.4) is 0 Å². The number of halogens is 4. The fourth-order valence-corrected chi connectivity index (χ4v) is 2.43. The van der Waals surface area contributed by atoms with Crippen LogP contribution in [0, 0.1) is 0 Å². The summed E-state index contributed by atoms with van der Waals surface area (Å²) in [6.07, 6.45) is -4.04. The highest BCUT2D eigenvalue weighted by molar-refractivity contribution is 9.10. The van der Waals surface area contributed by atoms with Crippen LogP contribution in [0.2, 0.25) is 0 Å². The lowest BCUT2D eigenvalue weighted by Gasteiger charge is -2.26. The smallest absolute Gasteiger partial charge is 0.408 e. The van der Waals surface area contributed by atoms with Gasteiger partial charge in [-0.05, 0) is 37.1 Å². The van der Waals surface area contributed by atoms with Gasteiger partial charge in [0, 0.05) is 11.0 Å². The van der Waals surface area contributed by atoms with E-state index in [1.165, 1.54) is 0 Å². The molecule has 20 heavy (non-hydrogen) atoms. The molecule has 1 aromatic rings. The van der Waals surface area contributed by atoms with Crippen molar-refractivity contribution in [2.45, 2.75) is 25.1 Å². The number of carbonyl (C=O) groups excluding carboxylic acids is 1. The Balaban J connectivity index is 1.93. The predicted octanol–water partition coefficient (Wildman–Crippen LogP) is 3.38. The summed E-state index contributed by atoms with van der Waals surface area (Å²) in [6, 6.07) is 5.07. The lowest BCUT2D eigenvalue weighted by molar-refractivity contribution is -0.183. The molecule has 1 aromatic carbocycles. The molecule has 1 aliphatic rings. The Morgan fingerprint density at radius 3 is 2.60 bits per heavy atom. The second kappa shape index (κ2) is 6.03. The summed E-state index contributed by atoms with van der Waals surface area (Å²) in [6.45, 7) is -0.249. The largest absolute Gasteiger partial charge is 0.484 e. The third kappa shape index (κ3) is 3.65. The monoisotopic (exact) mass is 351 g/mol. The van der Waals surface area contributed by atoms with E-state index in [0.717, 1.165) is 9.37 Å². The molecule has 0 spiro atoms. The number of hydrogen-bond donors (Lipinski definition) is 0. The Morgan fingerprint density at radius 1 is 1.35 bits per heavy atom. The van der Waals surface area contributed by atoms with E-state index in [2.05, 4.69) is 15.9 Å². The van der Waals surface area contributed by atoms with Crippen molar-refractivity contribution in [3.63, 3.8) is 0 Å². The van der Waals surface area contributed by atoms with E-state index < -0.39 is 18.1 Å². The minimum absolute atomic E-state index is 0.0342. The molecule has 1 atom stereocenters. The lowest BCUT2D eigenvalue weighted by Crippen LogP contribution is -2.46. The molecular formula is C13H13BrF3NO2. The molecule has 7 heteroatoms. The van der Waals surface area contributed by atoms with E-state index in [1.807, 2.05) is 0 Å². The highest BCUT2D eigenvalue weighted by Gasteiger charge is 2.47. The standard InChI is InChI=1S/C13H13BrF3NO2/c14-9-3-5-10(6-4-9)20-8-12(19)18-7-1-2-11(18)13(15,16)17/h3-6,11H,1-2,7-8H2/t11-/m0/s1. The molecule has 0 radical (unpaired) electrons. The zero-order chi connectivity index (χ0) is 14.8. The van der Waals surface area contributed by atoms with E-state index in [4.69, 9.17) is 4.74 Å². The van der Waals surface area contributed by atoms with Crippen LogP contribution in [0.4, 0.5) is 13.2 Å². The Labute approximate surface area is 122 Å². The van der Waals surface area contributed by atoms with Gasteiger partial charge in [0.15, 0.2) is 6.61 Å². The van der Waals surface area contributed by atoms with Crippen LogP contribution >= 0.6 is 15.9 Å². The van der Waals surface area contributed by atoms with Crippen LogP contribution in [-0.4, -0.2) is 36.2 Å². The van der Waals surface area contributed by atoms with Gasteiger partial charge in [-0.3, -0.25) is 4.79 Å². The topological polar surface area (TPSA) is 29.5 Å². The van der Waals surface area contributed by atoms with Crippen molar-refractivity contribution in [3.8, 4) is 5.75 Å². The first-order chi connectivity index (χ1) is 9.38. The molecule has 0 aliphatic carbocycles. The van der Waals surface area contributed by atoms with Crippen molar-refractivity contribution in [3.05, 3.63) is 28.7 Å². The van der Waals surface area contributed by atoms with Crippen LogP contribution in [-0.2, 0) is 4.79 Å². The maximum absolute atomic E-state index is 12.7. The van der Waals surface area contributed by atoms with Gasteiger partial charge in [0.25, 0.3) is 5.91 Å². The highest BCUT2D eigenvalue weighted by Crippen LogP contribution is 2.32. The summed E-state index contributed by atoms with van der Waals surface area (Å²) < 4.78 is 44.3. The minimum Gasteiger partial charge on any atom is -0.484 e. The van der Waals surface area contributed by atoms with E-state index in [-0.39, 0.29) is 19.6 Å². The SMILES string of the molecule is O=C(COc1ccc(Br)cc1)N1CCC[C@H]1C(F)(F)F. The van der Waals surface area contributed by atoms with Crippen LogP contribution in [0.5, 0.6) is 5.75 Å². The summed E-state index contributed by atoms with van der Waals surface area (Å²) in [5, 5.41) is 0. The summed E-state index contributed by atoms with van der Waals surface area (Å²) in [4.78, 5) is 12.7. The number of alkyl halides is 3. The number of carbonyl (C=O) groups is 1. The van der Waals surface area contributed by atoms with Crippen LogP contribution < -0.4 is 4.74 Å². The normalized spacial score (nSPS) is 19.2. The number of amides is 1. The molecule has 1 fully saturated rings. The van der Waals surface area contributed by atoms with Gasteiger partial charge in [0.2, 0.25) is 0 Å². The summed E-state index contributed by atoms with van der Waals surface area (Å²) >= 11 is 3.25. The molecule has 0 unspecified atom stereocenters. The zero-order valence-electron chi connectivity index (χ0n) is 10.5. The van der Waals surface area contributed by atoms with Crippen molar-refractivity contribution < 1.29 is 22.7 Å². The lowest BCUT2D eigenvalue weighted by atomic mass is 10.2. The van der Waals surface area contributed by atoms with E-state index in [0.29, 0.717) is 12.2 Å². The molecule has 3 nitrogen and oxygen atoms in total. The second-order valence-electron chi connectivity index (χ2n) is 4.53.